The van der Waals surface area contributed by atoms with Gasteiger partial charge in [0.25, 0.3) is 0 Å². The average molecular weight is 318 g/mol. The van der Waals surface area contributed by atoms with E-state index in [-0.39, 0.29) is 10.9 Å². The Kier molecular flexibility index (Phi) is 4.19. The molecule has 7 heteroatoms. The van der Waals surface area contributed by atoms with Gasteiger partial charge in [-0.1, -0.05) is 30.3 Å². The molecule has 1 N–H and O–H groups in total. The van der Waals surface area contributed by atoms with E-state index in [1.807, 2.05) is 30.3 Å². The van der Waals surface area contributed by atoms with Gasteiger partial charge in [-0.05, 0) is 13.0 Å². The molecule has 0 spiro atoms. The first-order valence-electron chi connectivity index (χ1n) is 7.15. The van der Waals surface area contributed by atoms with Crippen LogP contribution >= 0.6 is 0 Å². The lowest BCUT2D eigenvalue weighted by molar-refractivity contribution is 0.387. The average Bonchev–Trinajstić information content (AvgIpc) is 3.09. The molecule has 1 aliphatic rings. The van der Waals surface area contributed by atoms with Crippen molar-refractivity contribution >= 4 is 10.0 Å². The molecular weight excluding hydrogens is 300 g/mol. The Morgan fingerprint density at radius 1 is 1.18 bits per heavy atom. The second-order valence-electron chi connectivity index (χ2n) is 5.28. The molecule has 1 unspecified atom stereocenters. The normalized spacial score (nSPS) is 18.7. The summed E-state index contributed by atoms with van der Waals surface area (Å²) in [6.07, 6.45) is 3.58. The van der Waals surface area contributed by atoms with E-state index < -0.39 is 10.0 Å². The minimum absolute atomic E-state index is 0.0150. The highest BCUT2D eigenvalue weighted by atomic mass is 32.2. The van der Waals surface area contributed by atoms with E-state index in [2.05, 4.69) is 15.3 Å². The first-order valence-corrected chi connectivity index (χ1v) is 8.59. The molecule has 1 saturated heterocycles. The molecule has 0 aliphatic carbocycles. The van der Waals surface area contributed by atoms with E-state index in [0.717, 1.165) is 18.5 Å². The Hall–Kier alpha value is -1.83. The van der Waals surface area contributed by atoms with Crippen LogP contribution in [0.3, 0.4) is 0 Å². The van der Waals surface area contributed by atoms with Crippen molar-refractivity contribution in [3.8, 4) is 11.4 Å². The molecule has 0 radical (unpaired) electrons. The summed E-state index contributed by atoms with van der Waals surface area (Å²) in [4.78, 5) is 8.51. The van der Waals surface area contributed by atoms with Crippen molar-refractivity contribution < 1.29 is 8.42 Å². The number of nitrogens with one attached hydrogen (secondary N) is 1. The molecule has 0 amide bonds. The number of sulfonamides is 1. The molecule has 1 aromatic heterocycles. The number of hydrogen-bond acceptors (Lipinski definition) is 5. The van der Waals surface area contributed by atoms with Gasteiger partial charge in [-0.25, -0.2) is 18.4 Å². The topological polar surface area (TPSA) is 75.2 Å². The largest absolute Gasteiger partial charge is 0.315 e. The van der Waals surface area contributed by atoms with Crippen molar-refractivity contribution in [3.63, 3.8) is 0 Å². The predicted octanol–water partition coefficient (Wildman–Crippen LogP) is 1.13. The van der Waals surface area contributed by atoms with Crippen molar-refractivity contribution in [1.29, 1.82) is 0 Å². The second kappa shape index (κ2) is 6.12. The van der Waals surface area contributed by atoms with Gasteiger partial charge in [-0.2, -0.15) is 4.31 Å². The van der Waals surface area contributed by atoms with Crippen LogP contribution in [0.5, 0.6) is 0 Å². The standard InChI is InChI=1S/C15H18N4O2S/c1-19(13-7-8-16-9-13)22(20,21)14-10-17-15(18-11-14)12-5-3-2-4-6-12/h2-6,10-11,13,16H,7-9H2,1H3. The van der Waals surface area contributed by atoms with Crippen LogP contribution in [-0.2, 0) is 10.0 Å². The summed E-state index contributed by atoms with van der Waals surface area (Å²) in [6.45, 7) is 1.52. The van der Waals surface area contributed by atoms with Crippen LogP contribution in [0.15, 0.2) is 47.6 Å². The highest BCUT2D eigenvalue weighted by Crippen LogP contribution is 2.20. The van der Waals surface area contributed by atoms with Gasteiger partial charge in [0.1, 0.15) is 4.90 Å². The lowest BCUT2D eigenvalue weighted by atomic mass is 10.2. The quantitative estimate of drug-likeness (QED) is 0.914. The third kappa shape index (κ3) is 2.87. The number of rotatable bonds is 4. The second-order valence-corrected chi connectivity index (χ2v) is 7.27. The summed E-state index contributed by atoms with van der Waals surface area (Å²) >= 11 is 0. The number of likely N-dealkylation sites (N-methyl/N-ethyl adjacent to an activating group) is 1. The van der Waals surface area contributed by atoms with E-state index in [9.17, 15) is 8.42 Å². The van der Waals surface area contributed by atoms with Gasteiger partial charge >= 0.3 is 0 Å². The maximum atomic E-state index is 12.6. The summed E-state index contributed by atoms with van der Waals surface area (Å²) in [5.74, 6) is 0.518. The van der Waals surface area contributed by atoms with E-state index in [1.54, 1.807) is 7.05 Å². The fourth-order valence-electron chi connectivity index (χ4n) is 2.50. The van der Waals surface area contributed by atoms with Gasteiger partial charge in [0.15, 0.2) is 5.82 Å². The van der Waals surface area contributed by atoms with Crippen molar-refractivity contribution in [1.82, 2.24) is 19.6 Å². The lowest BCUT2D eigenvalue weighted by Gasteiger charge is -2.22. The monoisotopic (exact) mass is 318 g/mol. The summed E-state index contributed by atoms with van der Waals surface area (Å²) in [5.41, 5.74) is 0.861. The summed E-state index contributed by atoms with van der Waals surface area (Å²) in [7, 11) is -1.94. The summed E-state index contributed by atoms with van der Waals surface area (Å²) in [6, 6.07) is 9.46. The predicted molar refractivity (Wildman–Crippen MR) is 83.7 cm³/mol. The van der Waals surface area contributed by atoms with Crippen LogP contribution in [-0.4, -0.2) is 48.9 Å². The minimum Gasteiger partial charge on any atom is -0.315 e. The first kappa shape index (κ1) is 15.1. The smallest absolute Gasteiger partial charge is 0.246 e. The first-order chi connectivity index (χ1) is 10.6. The van der Waals surface area contributed by atoms with Crippen molar-refractivity contribution in [2.75, 3.05) is 20.1 Å². The van der Waals surface area contributed by atoms with E-state index >= 15 is 0 Å². The fraction of sp³-hybridized carbons (Fsp3) is 0.333. The van der Waals surface area contributed by atoms with Gasteiger partial charge in [0.05, 0.1) is 12.4 Å². The highest BCUT2D eigenvalue weighted by Gasteiger charge is 2.30. The molecule has 116 valence electrons. The van der Waals surface area contributed by atoms with Gasteiger partial charge in [0, 0.05) is 25.2 Å². The van der Waals surface area contributed by atoms with Crippen molar-refractivity contribution in [3.05, 3.63) is 42.7 Å². The summed E-state index contributed by atoms with van der Waals surface area (Å²) in [5, 5.41) is 3.17. The Morgan fingerprint density at radius 2 is 1.86 bits per heavy atom. The maximum Gasteiger partial charge on any atom is 0.246 e. The third-order valence-electron chi connectivity index (χ3n) is 3.89. The van der Waals surface area contributed by atoms with Gasteiger partial charge in [0.2, 0.25) is 10.0 Å². The molecule has 0 saturated carbocycles. The van der Waals surface area contributed by atoms with Crippen LogP contribution in [0.1, 0.15) is 6.42 Å². The van der Waals surface area contributed by atoms with Crippen LogP contribution in [0.2, 0.25) is 0 Å². The molecule has 2 aromatic rings. The zero-order chi connectivity index (χ0) is 15.6. The van der Waals surface area contributed by atoms with E-state index in [0.29, 0.717) is 12.4 Å². The fourth-order valence-corrected chi connectivity index (χ4v) is 3.77. The van der Waals surface area contributed by atoms with E-state index in [4.69, 9.17) is 0 Å². The highest BCUT2D eigenvalue weighted by molar-refractivity contribution is 7.89. The van der Waals surface area contributed by atoms with Crippen LogP contribution in [0.4, 0.5) is 0 Å². The van der Waals surface area contributed by atoms with Crippen molar-refractivity contribution in [2.24, 2.45) is 0 Å². The Balaban J connectivity index is 1.85. The van der Waals surface area contributed by atoms with Gasteiger partial charge < -0.3 is 5.32 Å². The molecule has 3 rings (SSSR count). The lowest BCUT2D eigenvalue weighted by Crippen LogP contribution is -2.38. The van der Waals surface area contributed by atoms with Crippen molar-refractivity contribution in [2.45, 2.75) is 17.4 Å². The third-order valence-corrected chi connectivity index (χ3v) is 5.75. The van der Waals surface area contributed by atoms with Crippen LogP contribution in [0, 0.1) is 0 Å². The molecule has 1 atom stereocenters. The van der Waals surface area contributed by atoms with Crippen LogP contribution in [0.25, 0.3) is 11.4 Å². The minimum atomic E-state index is -3.55. The van der Waals surface area contributed by atoms with Gasteiger partial charge in [-0.15, -0.1) is 0 Å². The molecule has 1 aliphatic heterocycles. The Labute approximate surface area is 130 Å². The van der Waals surface area contributed by atoms with Gasteiger partial charge in [-0.3, -0.25) is 0 Å². The Bertz CT molecular complexity index is 726. The van der Waals surface area contributed by atoms with Crippen LogP contribution < -0.4 is 5.32 Å². The molecule has 0 bridgehead atoms. The molecule has 1 aromatic carbocycles. The maximum absolute atomic E-state index is 12.6. The number of hydrogen-bond donors (Lipinski definition) is 1. The SMILES string of the molecule is CN(C1CCNC1)S(=O)(=O)c1cnc(-c2ccccc2)nc1. The zero-order valence-electron chi connectivity index (χ0n) is 12.3. The number of nitrogens with zero attached hydrogens (tertiary/aromatic N) is 3. The Morgan fingerprint density at radius 3 is 2.45 bits per heavy atom. The number of aromatic nitrogens is 2. The molecule has 2 heterocycles. The zero-order valence-corrected chi connectivity index (χ0v) is 13.1. The molecule has 6 nitrogen and oxygen atoms in total. The number of benzene rings is 1. The van der Waals surface area contributed by atoms with E-state index in [1.165, 1.54) is 16.7 Å². The molecular formula is C15H18N4O2S. The molecule has 1 fully saturated rings. The molecule has 22 heavy (non-hydrogen) atoms. The summed E-state index contributed by atoms with van der Waals surface area (Å²) < 4.78 is 26.6.